The van der Waals surface area contributed by atoms with Crippen molar-refractivity contribution >= 4 is 5.91 Å². The molecule has 1 aliphatic carbocycles. The van der Waals surface area contributed by atoms with Gasteiger partial charge in [-0.15, -0.1) is 0 Å². The summed E-state index contributed by atoms with van der Waals surface area (Å²) in [4.78, 5) is 18.9. The monoisotopic (exact) mass is 344 g/mol. The quantitative estimate of drug-likeness (QED) is 0.824. The van der Waals surface area contributed by atoms with E-state index in [2.05, 4.69) is 26.4 Å². The summed E-state index contributed by atoms with van der Waals surface area (Å²) in [6.07, 6.45) is 12.5. The number of aromatic nitrogens is 3. The third kappa shape index (κ3) is 4.79. The number of nitriles is 1. The van der Waals surface area contributed by atoms with Crippen LogP contribution in [-0.2, 0) is 11.3 Å². The first-order chi connectivity index (χ1) is 12.2. The summed E-state index contributed by atoms with van der Waals surface area (Å²) in [6, 6.07) is 2.70. The zero-order chi connectivity index (χ0) is 17.5. The maximum Gasteiger partial charge on any atom is 0.235 e. The molecule has 2 fully saturated rings. The van der Waals surface area contributed by atoms with Gasteiger partial charge in [0.25, 0.3) is 0 Å². The minimum Gasteiger partial charge on any atom is -0.337 e. The fourth-order valence-corrected chi connectivity index (χ4v) is 4.11. The molecule has 1 saturated carbocycles. The Hall–Kier alpha value is -1.94. The number of nitrogens with zero attached hydrogens (tertiary/aromatic N) is 5. The van der Waals surface area contributed by atoms with Crippen LogP contribution in [0.2, 0.25) is 0 Å². The van der Waals surface area contributed by atoms with Gasteiger partial charge >= 0.3 is 0 Å². The lowest BCUT2D eigenvalue weighted by molar-refractivity contribution is -0.124. The molecule has 2 heterocycles. The van der Waals surface area contributed by atoms with Crippen molar-refractivity contribution in [3.05, 3.63) is 12.7 Å². The van der Waals surface area contributed by atoms with Crippen molar-refractivity contribution in [2.45, 2.75) is 75.9 Å². The normalized spacial score (nSPS) is 24.2. The number of hydrogen-bond donors (Lipinski definition) is 1. The van der Waals surface area contributed by atoms with Crippen LogP contribution in [0.15, 0.2) is 12.7 Å². The Kier molecular flexibility index (Phi) is 6.03. The van der Waals surface area contributed by atoms with Gasteiger partial charge in [0.05, 0.1) is 19.2 Å². The molecule has 1 aliphatic heterocycles. The number of piperidine rings is 1. The molecule has 7 heteroatoms. The summed E-state index contributed by atoms with van der Waals surface area (Å²) in [5, 5.41) is 16.9. The number of hydrogen-bond acceptors (Lipinski definition) is 5. The Morgan fingerprint density at radius 3 is 2.72 bits per heavy atom. The third-order valence-corrected chi connectivity index (χ3v) is 5.51. The minimum absolute atomic E-state index is 0.0195. The SMILES string of the molecule is N#CC1(NC(=O)CN2CCCCC2Cn2cncn2)CCCCCC1. The lowest BCUT2D eigenvalue weighted by atomic mass is 9.91. The number of carbonyl (C=O) groups is 1. The fourth-order valence-electron chi connectivity index (χ4n) is 4.11. The maximum absolute atomic E-state index is 12.7. The van der Waals surface area contributed by atoms with Crippen LogP contribution in [0, 0.1) is 11.3 Å². The number of amides is 1. The molecule has 25 heavy (non-hydrogen) atoms. The molecule has 1 atom stereocenters. The molecule has 0 radical (unpaired) electrons. The summed E-state index contributed by atoms with van der Waals surface area (Å²) in [7, 11) is 0. The predicted octanol–water partition coefficient (Wildman–Crippen LogP) is 1.87. The molecule has 1 amide bonds. The van der Waals surface area contributed by atoms with Gasteiger partial charge in [-0.25, -0.2) is 4.98 Å². The van der Waals surface area contributed by atoms with E-state index in [1.54, 1.807) is 12.7 Å². The van der Waals surface area contributed by atoms with E-state index in [0.717, 1.165) is 64.5 Å². The van der Waals surface area contributed by atoms with E-state index in [1.807, 2.05) is 4.68 Å². The van der Waals surface area contributed by atoms with Crippen molar-refractivity contribution in [2.24, 2.45) is 0 Å². The molecular formula is C18H28N6O. The first kappa shape index (κ1) is 17.9. The Balaban J connectivity index is 1.58. The third-order valence-electron chi connectivity index (χ3n) is 5.51. The van der Waals surface area contributed by atoms with Crippen LogP contribution in [0.25, 0.3) is 0 Å². The van der Waals surface area contributed by atoms with Gasteiger partial charge < -0.3 is 5.32 Å². The summed E-state index contributed by atoms with van der Waals surface area (Å²) >= 11 is 0. The van der Waals surface area contributed by atoms with Crippen LogP contribution in [0.3, 0.4) is 0 Å². The highest BCUT2D eigenvalue weighted by molar-refractivity contribution is 5.79. The second-order valence-corrected chi connectivity index (χ2v) is 7.39. The van der Waals surface area contributed by atoms with Crippen molar-refractivity contribution in [3.63, 3.8) is 0 Å². The van der Waals surface area contributed by atoms with Gasteiger partial charge in [0.2, 0.25) is 5.91 Å². The highest BCUT2D eigenvalue weighted by Gasteiger charge is 2.33. The predicted molar refractivity (Wildman–Crippen MR) is 93.4 cm³/mol. The van der Waals surface area contributed by atoms with E-state index >= 15 is 0 Å². The number of nitrogens with one attached hydrogen (secondary N) is 1. The number of carbonyl (C=O) groups excluding carboxylic acids is 1. The molecule has 1 aromatic rings. The van der Waals surface area contributed by atoms with Gasteiger partial charge in [0.15, 0.2) is 0 Å². The lowest BCUT2D eigenvalue weighted by Crippen LogP contribution is -2.53. The van der Waals surface area contributed by atoms with Gasteiger partial charge in [0, 0.05) is 6.04 Å². The molecule has 136 valence electrons. The summed E-state index contributed by atoms with van der Waals surface area (Å²) in [5.74, 6) is -0.0195. The van der Waals surface area contributed by atoms with Gasteiger partial charge in [-0.2, -0.15) is 10.4 Å². The van der Waals surface area contributed by atoms with Crippen LogP contribution in [0.5, 0.6) is 0 Å². The van der Waals surface area contributed by atoms with E-state index in [0.29, 0.717) is 12.6 Å². The summed E-state index contributed by atoms with van der Waals surface area (Å²) in [5.41, 5.74) is -0.662. The molecule has 2 aliphatic rings. The Bertz CT molecular complexity index is 585. The minimum atomic E-state index is -0.662. The van der Waals surface area contributed by atoms with Crippen molar-refractivity contribution < 1.29 is 4.79 Å². The van der Waals surface area contributed by atoms with Crippen molar-refractivity contribution in [2.75, 3.05) is 13.1 Å². The smallest absolute Gasteiger partial charge is 0.235 e. The molecule has 1 saturated heterocycles. The van der Waals surface area contributed by atoms with E-state index in [4.69, 9.17) is 0 Å². The van der Waals surface area contributed by atoms with Crippen LogP contribution >= 0.6 is 0 Å². The molecule has 0 spiro atoms. The van der Waals surface area contributed by atoms with E-state index in [1.165, 1.54) is 6.42 Å². The second kappa shape index (κ2) is 8.43. The second-order valence-electron chi connectivity index (χ2n) is 7.39. The van der Waals surface area contributed by atoms with Gasteiger partial charge in [0.1, 0.15) is 18.2 Å². The summed E-state index contributed by atoms with van der Waals surface area (Å²) < 4.78 is 1.84. The van der Waals surface area contributed by atoms with Crippen LogP contribution in [0.4, 0.5) is 0 Å². The van der Waals surface area contributed by atoms with E-state index in [9.17, 15) is 10.1 Å². The Morgan fingerprint density at radius 1 is 1.24 bits per heavy atom. The van der Waals surface area contributed by atoms with Gasteiger partial charge in [-0.3, -0.25) is 14.4 Å². The Morgan fingerprint density at radius 2 is 2.04 bits per heavy atom. The molecule has 1 unspecified atom stereocenters. The van der Waals surface area contributed by atoms with Crippen molar-refractivity contribution in [1.82, 2.24) is 25.0 Å². The first-order valence-corrected chi connectivity index (χ1v) is 9.49. The highest BCUT2D eigenvalue weighted by atomic mass is 16.2. The highest BCUT2D eigenvalue weighted by Crippen LogP contribution is 2.26. The molecule has 0 bridgehead atoms. The molecule has 7 nitrogen and oxygen atoms in total. The topological polar surface area (TPSA) is 86.8 Å². The van der Waals surface area contributed by atoms with Crippen LogP contribution in [0.1, 0.15) is 57.8 Å². The van der Waals surface area contributed by atoms with Crippen molar-refractivity contribution in [1.29, 1.82) is 5.26 Å². The van der Waals surface area contributed by atoms with Crippen LogP contribution in [-0.4, -0.2) is 50.2 Å². The zero-order valence-electron chi connectivity index (χ0n) is 14.9. The lowest BCUT2D eigenvalue weighted by Gasteiger charge is -2.36. The number of likely N-dealkylation sites (tertiary alicyclic amines) is 1. The van der Waals surface area contributed by atoms with Crippen molar-refractivity contribution in [3.8, 4) is 6.07 Å². The van der Waals surface area contributed by atoms with Gasteiger partial charge in [-0.05, 0) is 32.2 Å². The molecule has 1 aromatic heterocycles. The zero-order valence-corrected chi connectivity index (χ0v) is 14.9. The maximum atomic E-state index is 12.7. The fraction of sp³-hybridized carbons (Fsp3) is 0.778. The standard InChI is InChI=1S/C18H28N6O/c19-13-18(8-4-1-2-5-9-18)22-17(25)12-23-10-6-3-7-16(23)11-24-15-20-14-21-24/h14-16H,1-12H2,(H,22,25). The average Bonchev–Trinajstić information content (AvgIpc) is 3.01. The first-order valence-electron chi connectivity index (χ1n) is 9.49. The largest absolute Gasteiger partial charge is 0.337 e. The average molecular weight is 344 g/mol. The van der Waals surface area contributed by atoms with Crippen LogP contribution < -0.4 is 5.32 Å². The molecule has 3 rings (SSSR count). The molecule has 1 N–H and O–H groups in total. The molecule has 0 aromatic carbocycles. The van der Waals surface area contributed by atoms with E-state index in [-0.39, 0.29) is 5.91 Å². The van der Waals surface area contributed by atoms with E-state index < -0.39 is 5.54 Å². The number of rotatable bonds is 5. The Labute approximate surface area is 149 Å². The molecular weight excluding hydrogens is 316 g/mol. The van der Waals surface area contributed by atoms with Gasteiger partial charge in [-0.1, -0.05) is 32.1 Å². The summed E-state index contributed by atoms with van der Waals surface area (Å²) in [6.45, 7) is 2.05.